The highest BCUT2D eigenvalue weighted by Gasteiger charge is 2.50. The smallest absolute Gasteiger partial charge is 0.230 e. The summed E-state index contributed by atoms with van der Waals surface area (Å²) in [6.07, 6.45) is 4.76. The second kappa shape index (κ2) is 7.31. The molecule has 142 valence electrons. The Kier molecular flexibility index (Phi) is 4.87. The standard InChI is InChI=1S/C22H27N3O2/c1-24-21(26)20(17-6-4-3-5-7-17)15-22(24)9-12-25(13-10-22)16-18-14-19(27-2)8-11-23-18/h3-8,11,14,20H,9-10,12-13,15-16H2,1-2H3/t20-/m0/s1. The topological polar surface area (TPSA) is 45.7 Å². The van der Waals surface area contributed by atoms with Gasteiger partial charge in [0.1, 0.15) is 5.75 Å². The van der Waals surface area contributed by atoms with Crippen molar-refractivity contribution in [1.82, 2.24) is 14.8 Å². The molecule has 1 atom stereocenters. The van der Waals surface area contributed by atoms with E-state index in [1.807, 2.05) is 42.3 Å². The van der Waals surface area contributed by atoms with E-state index < -0.39 is 0 Å². The van der Waals surface area contributed by atoms with Crippen LogP contribution in [0.4, 0.5) is 0 Å². The fraction of sp³-hybridized carbons (Fsp3) is 0.455. The molecule has 2 aliphatic rings. The van der Waals surface area contributed by atoms with Crippen LogP contribution in [0.1, 0.15) is 36.4 Å². The van der Waals surface area contributed by atoms with Gasteiger partial charge in [0.15, 0.2) is 0 Å². The summed E-state index contributed by atoms with van der Waals surface area (Å²) >= 11 is 0. The molecule has 1 aromatic heterocycles. The Morgan fingerprint density at radius 3 is 2.63 bits per heavy atom. The third kappa shape index (κ3) is 3.44. The van der Waals surface area contributed by atoms with Crippen LogP contribution in [0.3, 0.4) is 0 Å². The number of amides is 1. The average molecular weight is 365 g/mol. The van der Waals surface area contributed by atoms with Crippen LogP contribution in [-0.2, 0) is 11.3 Å². The number of rotatable bonds is 4. The highest BCUT2D eigenvalue weighted by atomic mass is 16.5. The first-order valence-electron chi connectivity index (χ1n) is 9.65. The maximum absolute atomic E-state index is 12.9. The van der Waals surface area contributed by atoms with Crippen LogP contribution in [0.25, 0.3) is 0 Å². The number of carbonyl (C=O) groups is 1. The molecule has 2 fully saturated rings. The number of likely N-dealkylation sites (tertiary alicyclic amines) is 2. The minimum absolute atomic E-state index is 0.00259. The third-order valence-electron chi connectivity index (χ3n) is 6.32. The Balaban J connectivity index is 1.42. The van der Waals surface area contributed by atoms with E-state index in [-0.39, 0.29) is 17.4 Å². The van der Waals surface area contributed by atoms with E-state index in [1.54, 1.807) is 13.3 Å². The zero-order valence-corrected chi connectivity index (χ0v) is 16.1. The van der Waals surface area contributed by atoms with Gasteiger partial charge < -0.3 is 9.64 Å². The number of hydrogen-bond acceptors (Lipinski definition) is 4. The molecular formula is C22H27N3O2. The highest BCUT2D eigenvalue weighted by Crippen LogP contribution is 2.44. The molecular weight excluding hydrogens is 338 g/mol. The lowest BCUT2D eigenvalue weighted by atomic mass is 9.81. The molecule has 4 rings (SSSR count). The number of nitrogens with zero attached hydrogens (tertiary/aromatic N) is 3. The summed E-state index contributed by atoms with van der Waals surface area (Å²) < 4.78 is 5.30. The van der Waals surface area contributed by atoms with E-state index in [9.17, 15) is 4.79 Å². The van der Waals surface area contributed by atoms with Crippen molar-refractivity contribution in [3.05, 3.63) is 59.9 Å². The molecule has 1 aromatic carbocycles. The number of ether oxygens (including phenoxy) is 1. The van der Waals surface area contributed by atoms with E-state index in [2.05, 4.69) is 22.0 Å². The van der Waals surface area contributed by atoms with E-state index in [1.165, 1.54) is 0 Å². The molecule has 0 unspecified atom stereocenters. The second-order valence-corrected chi connectivity index (χ2v) is 7.75. The zero-order valence-electron chi connectivity index (χ0n) is 16.1. The van der Waals surface area contributed by atoms with E-state index in [0.717, 1.165) is 55.9 Å². The number of methoxy groups -OCH3 is 1. The first-order chi connectivity index (χ1) is 13.1. The number of likely N-dealkylation sites (N-methyl/N-ethyl adjacent to an activating group) is 1. The first-order valence-corrected chi connectivity index (χ1v) is 9.65. The summed E-state index contributed by atoms with van der Waals surface area (Å²) in [5.74, 6) is 1.12. The van der Waals surface area contributed by atoms with E-state index >= 15 is 0 Å². The van der Waals surface area contributed by atoms with Crippen LogP contribution >= 0.6 is 0 Å². The van der Waals surface area contributed by atoms with Gasteiger partial charge in [-0.25, -0.2) is 0 Å². The molecule has 5 nitrogen and oxygen atoms in total. The van der Waals surface area contributed by atoms with Gasteiger partial charge in [-0.2, -0.15) is 0 Å². The van der Waals surface area contributed by atoms with Crippen LogP contribution in [-0.4, -0.2) is 53.5 Å². The van der Waals surface area contributed by atoms with Crippen molar-refractivity contribution >= 4 is 5.91 Å². The normalized spacial score (nSPS) is 22.4. The number of piperidine rings is 1. The van der Waals surface area contributed by atoms with Crippen molar-refractivity contribution in [3.8, 4) is 5.75 Å². The Morgan fingerprint density at radius 1 is 1.19 bits per heavy atom. The molecule has 0 aliphatic carbocycles. The molecule has 0 N–H and O–H groups in total. The molecule has 2 saturated heterocycles. The molecule has 27 heavy (non-hydrogen) atoms. The Morgan fingerprint density at radius 2 is 1.93 bits per heavy atom. The summed E-state index contributed by atoms with van der Waals surface area (Å²) in [5.41, 5.74) is 2.17. The van der Waals surface area contributed by atoms with Gasteiger partial charge in [0.2, 0.25) is 5.91 Å². The van der Waals surface area contributed by atoms with Crippen molar-refractivity contribution in [3.63, 3.8) is 0 Å². The van der Waals surface area contributed by atoms with Crippen molar-refractivity contribution < 1.29 is 9.53 Å². The van der Waals surface area contributed by atoms with Gasteiger partial charge in [0, 0.05) is 44.5 Å². The van der Waals surface area contributed by atoms with Crippen molar-refractivity contribution in [2.75, 3.05) is 27.2 Å². The first kappa shape index (κ1) is 18.0. The van der Waals surface area contributed by atoms with Gasteiger partial charge >= 0.3 is 0 Å². The monoisotopic (exact) mass is 365 g/mol. The minimum Gasteiger partial charge on any atom is -0.497 e. The lowest BCUT2D eigenvalue weighted by Crippen LogP contribution is -2.51. The maximum atomic E-state index is 12.9. The fourth-order valence-corrected chi connectivity index (χ4v) is 4.58. The largest absolute Gasteiger partial charge is 0.497 e. The van der Waals surface area contributed by atoms with Gasteiger partial charge in [-0.15, -0.1) is 0 Å². The zero-order chi connectivity index (χ0) is 18.9. The van der Waals surface area contributed by atoms with Gasteiger partial charge in [-0.05, 0) is 30.9 Å². The summed E-state index contributed by atoms with van der Waals surface area (Å²) in [4.78, 5) is 21.8. The van der Waals surface area contributed by atoms with Crippen LogP contribution < -0.4 is 4.74 Å². The molecule has 1 spiro atoms. The highest BCUT2D eigenvalue weighted by molar-refractivity contribution is 5.87. The number of pyridine rings is 1. The predicted octanol–water partition coefficient (Wildman–Crippen LogP) is 3.07. The lowest BCUT2D eigenvalue weighted by Gasteiger charge is -2.43. The SMILES string of the molecule is COc1ccnc(CN2CCC3(CC2)C[C@@H](c2ccccc2)C(=O)N3C)c1. The quantitative estimate of drug-likeness (QED) is 0.835. The average Bonchev–Trinajstić information content (AvgIpc) is 2.96. The van der Waals surface area contributed by atoms with Gasteiger partial charge in [0.25, 0.3) is 0 Å². The van der Waals surface area contributed by atoms with Crippen LogP contribution in [0.2, 0.25) is 0 Å². The summed E-state index contributed by atoms with van der Waals surface area (Å²) in [6, 6.07) is 14.1. The number of aromatic nitrogens is 1. The molecule has 0 radical (unpaired) electrons. The Bertz CT molecular complexity index is 800. The summed E-state index contributed by atoms with van der Waals surface area (Å²) in [5, 5.41) is 0. The molecule has 2 aromatic rings. The van der Waals surface area contributed by atoms with Gasteiger partial charge in [-0.3, -0.25) is 14.7 Å². The minimum atomic E-state index is -0.00407. The number of hydrogen-bond donors (Lipinski definition) is 0. The number of benzene rings is 1. The van der Waals surface area contributed by atoms with Crippen molar-refractivity contribution in [2.45, 2.75) is 37.3 Å². The molecule has 0 bridgehead atoms. The second-order valence-electron chi connectivity index (χ2n) is 7.75. The van der Waals surface area contributed by atoms with Crippen LogP contribution in [0.15, 0.2) is 48.7 Å². The Hall–Kier alpha value is -2.40. The fourth-order valence-electron chi connectivity index (χ4n) is 4.58. The molecule has 1 amide bonds. The lowest BCUT2D eigenvalue weighted by molar-refractivity contribution is -0.131. The molecule has 5 heteroatoms. The Labute approximate surface area is 161 Å². The molecule has 3 heterocycles. The summed E-state index contributed by atoms with van der Waals surface area (Å²) in [7, 11) is 3.67. The van der Waals surface area contributed by atoms with Crippen molar-refractivity contribution in [1.29, 1.82) is 0 Å². The summed E-state index contributed by atoms with van der Waals surface area (Å²) in [6.45, 7) is 2.79. The third-order valence-corrected chi connectivity index (χ3v) is 6.32. The maximum Gasteiger partial charge on any atom is 0.230 e. The van der Waals surface area contributed by atoms with Crippen molar-refractivity contribution in [2.24, 2.45) is 0 Å². The van der Waals surface area contributed by atoms with Crippen LogP contribution in [0, 0.1) is 0 Å². The predicted molar refractivity (Wildman–Crippen MR) is 105 cm³/mol. The van der Waals surface area contributed by atoms with Gasteiger partial charge in [-0.1, -0.05) is 30.3 Å². The van der Waals surface area contributed by atoms with Crippen LogP contribution in [0.5, 0.6) is 5.75 Å². The molecule has 0 saturated carbocycles. The molecule has 2 aliphatic heterocycles. The van der Waals surface area contributed by atoms with E-state index in [4.69, 9.17) is 4.74 Å². The number of carbonyl (C=O) groups excluding carboxylic acids is 1. The van der Waals surface area contributed by atoms with E-state index in [0.29, 0.717) is 0 Å². The van der Waals surface area contributed by atoms with Gasteiger partial charge in [0.05, 0.1) is 18.7 Å².